The topological polar surface area (TPSA) is 44.2 Å². The van der Waals surface area contributed by atoms with Crippen molar-refractivity contribution in [2.75, 3.05) is 0 Å². The van der Waals surface area contributed by atoms with Crippen molar-refractivity contribution in [1.29, 1.82) is 0 Å². The molecule has 4 nitrogen and oxygen atoms in total. The van der Waals surface area contributed by atoms with Gasteiger partial charge in [-0.05, 0) is 34.9 Å². The number of halogens is 1. The number of ether oxygens (including phenoxy) is 2. The van der Waals surface area contributed by atoms with E-state index >= 15 is 0 Å². The quantitative estimate of drug-likeness (QED) is 0.359. The van der Waals surface area contributed by atoms with Crippen molar-refractivity contribution < 1.29 is 13.9 Å². The van der Waals surface area contributed by atoms with Crippen molar-refractivity contribution in [3.05, 3.63) is 119 Å². The second-order valence-electron chi connectivity index (χ2n) is 6.88. The van der Waals surface area contributed by atoms with Crippen LogP contribution in [0.15, 0.2) is 91.0 Å². The Kier molecular flexibility index (Phi) is 6.65. The Bertz CT molecular complexity index is 1150. The lowest BCUT2D eigenvalue weighted by molar-refractivity contribution is 0.244. The summed E-state index contributed by atoms with van der Waals surface area (Å²) in [6.45, 7) is 0.733. The summed E-state index contributed by atoms with van der Waals surface area (Å²) in [5.74, 6) is 0.529. The van der Waals surface area contributed by atoms with Gasteiger partial charge >= 0.3 is 0 Å². The monoisotopic (exact) mass is 412 g/mol. The van der Waals surface area contributed by atoms with Crippen molar-refractivity contribution in [3.8, 4) is 11.6 Å². The smallest absolute Gasteiger partial charge is 0.276 e. The maximum atomic E-state index is 13.4. The first-order valence-electron chi connectivity index (χ1n) is 9.91. The molecule has 5 heteroatoms. The van der Waals surface area contributed by atoms with Crippen LogP contribution < -0.4 is 9.47 Å². The van der Waals surface area contributed by atoms with Gasteiger partial charge in [0.25, 0.3) is 5.88 Å². The molecule has 0 radical (unpaired) electrons. The molecular weight excluding hydrogens is 391 g/mol. The molecule has 0 spiro atoms. The summed E-state index contributed by atoms with van der Waals surface area (Å²) in [6.07, 6.45) is 3.54. The molecular formula is C26H21FN2O2. The van der Waals surface area contributed by atoms with Crippen molar-refractivity contribution in [2.45, 2.75) is 13.2 Å². The molecule has 31 heavy (non-hydrogen) atoms. The van der Waals surface area contributed by atoms with Crippen LogP contribution >= 0.6 is 0 Å². The third-order valence-electron chi connectivity index (χ3n) is 4.50. The molecule has 0 N–H and O–H groups in total. The highest BCUT2D eigenvalue weighted by atomic mass is 19.1. The standard InChI is InChI=1S/C26H21FN2O2/c27-23-13-7-12-20(16-23)14-15-24-17-25(30-18-21-8-3-1-4-9-21)26(29-28-24)31-19-22-10-5-2-6-11-22/h1-17H,18-19H2/b15-14+. The average molecular weight is 412 g/mol. The Hall–Kier alpha value is -3.99. The van der Waals surface area contributed by atoms with E-state index in [1.807, 2.05) is 66.7 Å². The van der Waals surface area contributed by atoms with Gasteiger partial charge in [0.2, 0.25) is 0 Å². The molecule has 0 atom stereocenters. The zero-order valence-electron chi connectivity index (χ0n) is 16.8. The first kappa shape index (κ1) is 20.3. The van der Waals surface area contributed by atoms with Crippen LogP contribution in [0.25, 0.3) is 12.2 Å². The van der Waals surface area contributed by atoms with Crippen LogP contribution in [0.4, 0.5) is 4.39 Å². The van der Waals surface area contributed by atoms with Gasteiger partial charge in [0.15, 0.2) is 5.75 Å². The fourth-order valence-corrected chi connectivity index (χ4v) is 2.92. The number of nitrogens with zero attached hydrogens (tertiary/aromatic N) is 2. The van der Waals surface area contributed by atoms with Crippen LogP contribution in [0.5, 0.6) is 11.6 Å². The molecule has 0 saturated heterocycles. The van der Waals surface area contributed by atoms with Gasteiger partial charge < -0.3 is 9.47 Å². The highest BCUT2D eigenvalue weighted by molar-refractivity contribution is 5.68. The minimum atomic E-state index is -0.287. The van der Waals surface area contributed by atoms with E-state index in [4.69, 9.17) is 9.47 Å². The van der Waals surface area contributed by atoms with E-state index in [2.05, 4.69) is 10.2 Å². The van der Waals surface area contributed by atoms with Gasteiger partial charge in [-0.2, -0.15) is 0 Å². The van der Waals surface area contributed by atoms with Gasteiger partial charge in [-0.1, -0.05) is 78.9 Å². The first-order valence-corrected chi connectivity index (χ1v) is 9.91. The van der Waals surface area contributed by atoms with Gasteiger partial charge in [-0.3, -0.25) is 0 Å². The zero-order chi connectivity index (χ0) is 21.3. The lowest BCUT2D eigenvalue weighted by Crippen LogP contribution is -2.04. The summed E-state index contributed by atoms with van der Waals surface area (Å²) in [5.41, 5.74) is 3.37. The maximum Gasteiger partial charge on any atom is 0.276 e. The summed E-state index contributed by atoms with van der Waals surface area (Å²) in [5, 5.41) is 8.42. The van der Waals surface area contributed by atoms with Crippen LogP contribution in [-0.2, 0) is 13.2 Å². The van der Waals surface area contributed by atoms with Crippen LogP contribution in [0.1, 0.15) is 22.4 Å². The molecule has 0 aliphatic rings. The third kappa shape index (κ3) is 6.00. The Morgan fingerprint density at radius 1 is 0.677 bits per heavy atom. The summed E-state index contributed by atoms with van der Waals surface area (Å²) < 4.78 is 25.3. The summed E-state index contributed by atoms with van der Waals surface area (Å²) in [7, 11) is 0. The van der Waals surface area contributed by atoms with Crippen LogP contribution in [0.2, 0.25) is 0 Å². The Morgan fingerprint density at radius 3 is 2.03 bits per heavy atom. The molecule has 0 amide bonds. The maximum absolute atomic E-state index is 13.4. The highest BCUT2D eigenvalue weighted by Gasteiger charge is 2.10. The van der Waals surface area contributed by atoms with E-state index in [1.54, 1.807) is 24.3 Å². The average Bonchev–Trinajstić information content (AvgIpc) is 2.82. The van der Waals surface area contributed by atoms with Crippen molar-refractivity contribution in [2.24, 2.45) is 0 Å². The molecule has 154 valence electrons. The van der Waals surface area contributed by atoms with Crippen molar-refractivity contribution in [1.82, 2.24) is 10.2 Å². The minimum Gasteiger partial charge on any atom is -0.483 e. The lowest BCUT2D eigenvalue weighted by atomic mass is 10.2. The van der Waals surface area contributed by atoms with Gasteiger partial charge in [0.1, 0.15) is 19.0 Å². The van der Waals surface area contributed by atoms with Gasteiger partial charge in [-0.15, -0.1) is 10.2 Å². The van der Waals surface area contributed by atoms with E-state index in [9.17, 15) is 4.39 Å². The van der Waals surface area contributed by atoms with Crippen molar-refractivity contribution in [3.63, 3.8) is 0 Å². The number of benzene rings is 3. The lowest BCUT2D eigenvalue weighted by Gasteiger charge is -2.12. The fraction of sp³-hybridized carbons (Fsp3) is 0.0769. The molecule has 0 fully saturated rings. The van der Waals surface area contributed by atoms with Crippen LogP contribution in [0.3, 0.4) is 0 Å². The first-order chi connectivity index (χ1) is 15.3. The van der Waals surface area contributed by atoms with E-state index in [-0.39, 0.29) is 5.82 Å². The van der Waals surface area contributed by atoms with Gasteiger partial charge in [0, 0.05) is 6.07 Å². The van der Waals surface area contributed by atoms with E-state index in [0.717, 1.165) is 16.7 Å². The molecule has 3 aromatic carbocycles. The molecule has 0 bridgehead atoms. The number of hydrogen-bond acceptors (Lipinski definition) is 4. The van der Waals surface area contributed by atoms with Gasteiger partial charge in [-0.25, -0.2) is 4.39 Å². The van der Waals surface area contributed by atoms with Crippen LogP contribution in [0, 0.1) is 5.82 Å². The SMILES string of the molecule is Fc1cccc(/C=C/c2cc(OCc3ccccc3)c(OCc3ccccc3)nn2)c1. The Labute approximate surface area is 180 Å². The van der Waals surface area contributed by atoms with E-state index < -0.39 is 0 Å². The largest absolute Gasteiger partial charge is 0.483 e. The van der Waals surface area contributed by atoms with Crippen molar-refractivity contribution >= 4 is 12.2 Å². The van der Waals surface area contributed by atoms with Gasteiger partial charge in [0.05, 0.1) is 5.69 Å². The molecule has 4 aromatic rings. The number of aromatic nitrogens is 2. The highest BCUT2D eigenvalue weighted by Crippen LogP contribution is 2.27. The number of rotatable bonds is 8. The number of hydrogen-bond donors (Lipinski definition) is 0. The van der Waals surface area contributed by atoms with E-state index in [0.29, 0.717) is 30.5 Å². The predicted octanol–water partition coefficient (Wildman–Crippen LogP) is 5.94. The summed E-state index contributed by atoms with van der Waals surface area (Å²) in [6, 6.07) is 27.8. The molecule has 4 rings (SSSR count). The molecule has 0 aliphatic carbocycles. The normalized spacial score (nSPS) is 10.9. The van der Waals surface area contributed by atoms with Crippen LogP contribution in [-0.4, -0.2) is 10.2 Å². The molecule has 0 aliphatic heterocycles. The third-order valence-corrected chi connectivity index (χ3v) is 4.50. The Balaban J connectivity index is 1.54. The molecule has 1 aromatic heterocycles. The molecule has 0 saturated carbocycles. The zero-order valence-corrected chi connectivity index (χ0v) is 16.8. The summed E-state index contributed by atoms with van der Waals surface area (Å²) in [4.78, 5) is 0. The Morgan fingerprint density at radius 2 is 1.35 bits per heavy atom. The summed E-state index contributed by atoms with van der Waals surface area (Å²) >= 11 is 0. The molecule has 0 unspecified atom stereocenters. The minimum absolute atomic E-state index is 0.287. The second kappa shape index (κ2) is 10.2. The fourth-order valence-electron chi connectivity index (χ4n) is 2.92. The second-order valence-corrected chi connectivity index (χ2v) is 6.88. The predicted molar refractivity (Wildman–Crippen MR) is 119 cm³/mol. The molecule has 1 heterocycles. The van der Waals surface area contributed by atoms with E-state index in [1.165, 1.54) is 12.1 Å².